The molecule has 0 aromatic heterocycles. The van der Waals surface area contributed by atoms with Crippen molar-refractivity contribution in [2.75, 3.05) is 13.2 Å². The van der Waals surface area contributed by atoms with Crippen LogP contribution in [-0.4, -0.2) is 21.6 Å². The van der Waals surface area contributed by atoms with Crippen LogP contribution < -0.4 is 9.88 Å². The van der Waals surface area contributed by atoms with Crippen LogP contribution in [0.4, 0.5) is 0 Å². The Morgan fingerprint density at radius 1 is 1.14 bits per heavy atom. The summed E-state index contributed by atoms with van der Waals surface area (Å²) in [6.07, 6.45) is 0. The molecule has 1 aromatic carbocycles. The van der Waals surface area contributed by atoms with Crippen molar-refractivity contribution in [3.05, 3.63) is 30.3 Å². The van der Waals surface area contributed by atoms with Crippen molar-refractivity contribution in [3.8, 4) is 5.75 Å². The number of benzene rings is 1. The summed E-state index contributed by atoms with van der Waals surface area (Å²) in [4.78, 5) is 0. The monoisotopic (exact) mass is 217 g/mol. The van der Waals surface area contributed by atoms with Crippen LogP contribution in [0.2, 0.25) is 0 Å². The smallest absolute Gasteiger partial charge is 0.333 e. The van der Waals surface area contributed by atoms with Crippen LogP contribution in [0.25, 0.3) is 0 Å². The van der Waals surface area contributed by atoms with E-state index in [1.165, 1.54) is 0 Å². The van der Waals surface area contributed by atoms with Gasteiger partial charge in [-0.15, -0.1) is 0 Å². The third-order valence-electron chi connectivity index (χ3n) is 1.34. The first kappa shape index (κ1) is 11.0. The molecular formula is C8H11NO4S. The standard InChI is InChI=1S/C8H11NO4S/c9-14(10,11)13-7-6-12-8-4-2-1-3-5-8/h1-5H,6-7H2,(H2,9,10,11). The van der Waals surface area contributed by atoms with E-state index in [-0.39, 0.29) is 13.2 Å². The predicted octanol–water partition coefficient (Wildman–Crippen LogP) is 0.285. The van der Waals surface area contributed by atoms with Gasteiger partial charge in [0.1, 0.15) is 19.0 Å². The molecule has 14 heavy (non-hydrogen) atoms. The van der Waals surface area contributed by atoms with Crippen molar-refractivity contribution in [1.29, 1.82) is 0 Å². The highest BCUT2D eigenvalue weighted by molar-refractivity contribution is 7.84. The minimum atomic E-state index is -3.86. The number of ether oxygens (including phenoxy) is 1. The van der Waals surface area contributed by atoms with Crippen molar-refractivity contribution in [1.82, 2.24) is 0 Å². The molecule has 0 radical (unpaired) electrons. The highest BCUT2D eigenvalue weighted by atomic mass is 32.2. The fourth-order valence-corrected chi connectivity index (χ4v) is 1.13. The van der Waals surface area contributed by atoms with Crippen LogP contribution in [0, 0.1) is 0 Å². The molecule has 1 aromatic rings. The molecule has 0 aliphatic rings. The maximum absolute atomic E-state index is 10.3. The Morgan fingerprint density at radius 2 is 1.79 bits per heavy atom. The molecule has 0 spiro atoms. The molecule has 0 bridgehead atoms. The number of nitrogens with two attached hydrogens (primary N) is 1. The Morgan fingerprint density at radius 3 is 2.36 bits per heavy atom. The third-order valence-corrected chi connectivity index (χ3v) is 1.84. The SMILES string of the molecule is NS(=O)(=O)OCCOc1ccccc1. The topological polar surface area (TPSA) is 78.6 Å². The van der Waals surface area contributed by atoms with Gasteiger partial charge in [-0.05, 0) is 12.1 Å². The van der Waals surface area contributed by atoms with Crippen molar-refractivity contribution >= 4 is 10.3 Å². The number of hydrogen-bond acceptors (Lipinski definition) is 4. The van der Waals surface area contributed by atoms with E-state index in [0.717, 1.165) is 0 Å². The zero-order valence-corrected chi connectivity index (χ0v) is 8.24. The van der Waals surface area contributed by atoms with Gasteiger partial charge in [-0.25, -0.2) is 5.14 Å². The number of rotatable bonds is 5. The molecule has 0 unspecified atom stereocenters. The van der Waals surface area contributed by atoms with Crippen molar-refractivity contribution in [3.63, 3.8) is 0 Å². The van der Waals surface area contributed by atoms with Crippen molar-refractivity contribution in [2.24, 2.45) is 5.14 Å². The Hall–Kier alpha value is -1.11. The summed E-state index contributed by atoms with van der Waals surface area (Å²) in [5.41, 5.74) is 0. The highest BCUT2D eigenvalue weighted by Gasteiger charge is 2.01. The molecule has 78 valence electrons. The van der Waals surface area contributed by atoms with Gasteiger partial charge in [-0.3, -0.25) is 4.18 Å². The Bertz CT molecular complexity index is 362. The average Bonchev–Trinajstić information content (AvgIpc) is 2.13. The van der Waals surface area contributed by atoms with Gasteiger partial charge in [-0.1, -0.05) is 18.2 Å². The molecule has 0 saturated carbocycles. The summed E-state index contributed by atoms with van der Waals surface area (Å²) < 4.78 is 30.1. The van der Waals surface area contributed by atoms with Crippen LogP contribution in [-0.2, 0) is 14.5 Å². The van der Waals surface area contributed by atoms with Crippen LogP contribution in [0.3, 0.4) is 0 Å². The van der Waals surface area contributed by atoms with E-state index < -0.39 is 10.3 Å². The van der Waals surface area contributed by atoms with Crippen LogP contribution in [0.1, 0.15) is 0 Å². The van der Waals surface area contributed by atoms with Gasteiger partial charge in [0.25, 0.3) is 0 Å². The molecule has 0 aliphatic heterocycles. The van der Waals surface area contributed by atoms with Crippen LogP contribution >= 0.6 is 0 Å². The van der Waals surface area contributed by atoms with Gasteiger partial charge in [0, 0.05) is 0 Å². The molecular weight excluding hydrogens is 206 g/mol. The summed E-state index contributed by atoms with van der Waals surface area (Å²) in [5.74, 6) is 0.658. The van der Waals surface area contributed by atoms with Gasteiger partial charge in [0.2, 0.25) is 0 Å². The fraction of sp³-hybridized carbons (Fsp3) is 0.250. The molecule has 1 rings (SSSR count). The lowest BCUT2D eigenvalue weighted by molar-refractivity contribution is 0.221. The second-order valence-corrected chi connectivity index (χ2v) is 3.70. The maximum Gasteiger partial charge on any atom is 0.333 e. The number of hydrogen-bond donors (Lipinski definition) is 1. The molecule has 5 nitrogen and oxygen atoms in total. The Kier molecular flexibility index (Phi) is 3.87. The molecule has 0 heterocycles. The highest BCUT2D eigenvalue weighted by Crippen LogP contribution is 2.07. The summed E-state index contributed by atoms with van der Waals surface area (Å²) in [6.45, 7) is 0.0498. The largest absolute Gasteiger partial charge is 0.491 e. The lowest BCUT2D eigenvalue weighted by Gasteiger charge is -2.04. The molecule has 0 atom stereocenters. The van der Waals surface area contributed by atoms with Crippen molar-refractivity contribution in [2.45, 2.75) is 0 Å². The summed E-state index contributed by atoms with van der Waals surface area (Å²) in [5, 5.41) is 4.61. The molecule has 2 N–H and O–H groups in total. The lowest BCUT2D eigenvalue weighted by Crippen LogP contribution is -2.19. The van der Waals surface area contributed by atoms with Gasteiger partial charge in [-0.2, -0.15) is 8.42 Å². The van der Waals surface area contributed by atoms with Gasteiger partial charge in [0.15, 0.2) is 0 Å². The first-order chi connectivity index (χ1) is 6.58. The molecule has 0 fully saturated rings. The maximum atomic E-state index is 10.3. The second kappa shape index (κ2) is 4.94. The van der Waals surface area contributed by atoms with Gasteiger partial charge >= 0.3 is 10.3 Å². The first-order valence-electron chi connectivity index (χ1n) is 3.93. The van der Waals surface area contributed by atoms with E-state index >= 15 is 0 Å². The lowest BCUT2D eigenvalue weighted by atomic mass is 10.3. The summed E-state index contributed by atoms with van der Waals surface area (Å²) in [6, 6.07) is 9.01. The molecule has 0 saturated heterocycles. The summed E-state index contributed by atoms with van der Waals surface area (Å²) in [7, 11) is -3.86. The quantitative estimate of drug-likeness (QED) is 0.719. The van der Waals surface area contributed by atoms with E-state index in [9.17, 15) is 8.42 Å². The average molecular weight is 217 g/mol. The normalized spacial score (nSPS) is 11.2. The van der Waals surface area contributed by atoms with Crippen LogP contribution in [0.5, 0.6) is 5.75 Å². The zero-order chi connectivity index (χ0) is 10.4. The van der Waals surface area contributed by atoms with Crippen LogP contribution in [0.15, 0.2) is 30.3 Å². The van der Waals surface area contributed by atoms with Gasteiger partial charge < -0.3 is 4.74 Å². The zero-order valence-electron chi connectivity index (χ0n) is 7.42. The number of para-hydroxylation sites is 1. The fourth-order valence-electron chi connectivity index (χ4n) is 0.826. The Balaban J connectivity index is 2.23. The minimum absolute atomic E-state index is 0.0896. The van der Waals surface area contributed by atoms with E-state index in [0.29, 0.717) is 5.75 Å². The minimum Gasteiger partial charge on any atom is -0.491 e. The van der Waals surface area contributed by atoms with E-state index in [2.05, 4.69) is 9.32 Å². The van der Waals surface area contributed by atoms with E-state index in [1.54, 1.807) is 12.1 Å². The molecule has 6 heteroatoms. The van der Waals surface area contributed by atoms with E-state index in [4.69, 9.17) is 4.74 Å². The third kappa shape index (κ3) is 4.80. The second-order valence-electron chi connectivity index (χ2n) is 2.48. The Labute approximate surface area is 82.7 Å². The van der Waals surface area contributed by atoms with E-state index in [1.807, 2.05) is 18.2 Å². The van der Waals surface area contributed by atoms with Gasteiger partial charge in [0.05, 0.1) is 0 Å². The molecule has 0 aliphatic carbocycles. The first-order valence-corrected chi connectivity index (χ1v) is 5.40. The summed E-state index contributed by atoms with van der Waals surface area (Å²) >= 11 is 0. The molecule has 0 amide bonds. The predicted molar refractivity (Wildman–Crippen MR) is 51.0 cm³/mol. The van der Waals surface area contributed by atoms with Crippen molar-refractivity contribution < 1.29 is 17.3 Å².